The Balaban J connectivity index is 2.17. The number of thiazole rings is 1. The van der Waals surface area contributed by atoms with E-state index in [4.69, 9.17) is 10.1 Å². The summed E-state index contributed by atoms with van der Waals surface area (Å²) in [5.41, 5.74) is 1.30. The number of nitrogens with one attached hydrogen (secondary N) is 1. The van der Waals surface area contributed by atoms with Crippen molar-refractivity contribution in [3.8, 4) is 0 Å². The van der Waals surface area contributed by atoms with Crippen LogP contribution in [0.2, 0.25) is 0 Å². The van der Waals surface area contributed by atoms with E-state index in [0.29, 0.717) is 5.92 Å². The zero-order valence-corrected chi connectivity index (χ0v) is 14.1. The van der Waals surface area contributed by atoms with E-state index in [1.165, 1.54) is 5.69 Å². The fraction of sp³-hybridized carbons (Fsp3) is 0.643. The first-order valence-electron chi connectivity index (χ1n) is 6.84. The van der Waals surface area contributed by atoms with E-state index in [1.807, 2.05) is 0 Å². The second-order valence-corrected chi connectivity index (χ2v) is 8.00. The lowest BCUT2D eigenvalue weighted by Crippen LogP contribution is -2.35. The molecule has 0 radical (unpaired) electrons. The maximum absolute atomic E-state index is 9.14. The Morgan fingerprint density at radius 3 is 2.90 bits per heavy atom. The minimum absolute atomic E-state index is 0.0838. The molecule has 6 heteroatoms. The molecule has 20 heavy (non-hydrogen) atoms. The molecular formula is C14H23N3OS2. The van der Waals surface area contributed by atoms with Gasteiger partial charge in [0, 0.05) is 36.0 Å². The van der Waals surface area contributed by atoms with Crippen molar-refractivity contribution in [1.82, 2.24) is 14.7 Å². The topological polar surface area (TPSA) is 49.6 Å². The first-order valence-corrected chi connectivity index (χ1v) is 8.70. The molecule has 1 unspecified atom stereocenters. The third kappa shape index (κ3) is 3.97. The van der Waals surface area contributed by atoms with E-state index in [2.05, 4.69) is 49.0 Å². The second kappa shape index (κ2) is 6.47. The lowest BCUT2D eigenvalue weighted by Gasteiger charge is -2.20. The van der Waals surface area contributed by atoms with Gasteiger partial charge in [-0.3, -0.25) is 4.40 Å². The summed E-state index contributed by atoms with van der Waals surface area (Å²) in [5.74, 6) is 1.19. The summed E-state index contributed by atoms with van der Waals surface area (Å²) in [7, 11) is 0. The Labute approximate surface area is 128 Å². The Hall–Kier alpha value is -0.560. The maximum Gasteiger partial charge on any atom is 0.194 e. The smallest absolute Gasteiger partial charge is 0.194 e. The van der Waals surface area contributed by atoms with Gasteiger partial charge in [-0.1, -0.05) is 6.92 Å². The molecule has 0 spiro atoms. The number of aliphatic hydroxyl groups excluding tert-OH is 1. The first-order chi connectivity index (χ1) is 9.40. The zero-order valence-electron chi connectivity index (χ0n) is 12.5. The summed E-state index contributed by atoms with van der Waals surface area (Å²) >= 11 is 3.39. The molecule has 112 valence electrons. The second-order valence-electron chi connectivity index (χ2n) is 6.12. The molecule has 2 aromatic heterocycles. The van der Waals surface area contributed by atoms with E-state index in [9.17, 15) is 0 Å². The van der Waals surface area contributed by atoms with Crippen molar-refractivity contribution in [2.45, 2.75) is 44.8 Å². The maximum atomic E-state index is 9.14. The third-order valence-corrected chi connectivity index (χ3v) is 5.02. The Morgan fingerprint density at radius 2 is 2.25 bits per heavy atom. The number of aliphatic hydroxyl groups is 1. The number of aromatic nitrogens is 2. The van der Waals surface area contributed by atoms with Crippen LogP contribution in [0.5, 0.6) is 0 Å². The van der Waals surface area contributed by atoms with Crippen LogP contribution < -0.4 is 5.32 Å². The number of rotatable bonds is 6. The van der Waals surface area contributed by atoms with Gasteiger partial charge in [-0.2, -0.15) is 0 Å². The van der Waals surface area contributed by atoms with Gasteiger partial charge in [-0.15, -0.1) is 23.1 Å². The van der Waals surface area contributed by atoms with Crippen molar-refractivity contribution in [2.75, 3.05) is 12.4 Å². The van der Waals surface area contributed by atoms with Gasteiger partial charge in [0.15, 0.2) is 4.96 Å². The van der Waals surface area contributed by atoms with Gasteiger partial charge in [-0.05, 0) is 26.7 Å². The highest BCUT2D eigenvalue weighted by Crippen LogP contribution is 2.27. The third-order valence-electron chi connectivity index (χ3n) is 2.93. The molecule has 0 saturated carbocycles. The Bertz CT molecular complexity index is 556. The van der Waals surface area contributed by atoms with Crippen LogP contribution in [0.15, 0.2) is 16.6 Å². The molecule has 1 atom stereocenters. The van der Waals surface area contributed by atoms with Crippen LogP contribution in [0.25, 0.3) is 4.96 Å². The van der Waals surface area contributed by atoms with Gasteiger partial charge < -0.3 is 10.4 Å². The molecule has 0 aliphatic rings. The van der Waals surface area contributed by atoms with Gasteiger partial charge >= 0.3 is 0 Å². The SMILES string of the molecule is CC(CO)CSc1nc2sccn2c1CNC(C)(C)C. The summed E-state index contributed by atoms with van der Waals surface area (Å²) in [6, 6.07) is 0. The average molecular weight is 313 g/mol. The molecule has 2 heterocycles. The van der Waals surface area contributed by atoms with Gasteiger partial charge in [0.1, 0.15) is 5.03 Å². The highest BCUT2D eigenvalue weighted by molar-refractivity contribution is 7.99. The summed E-state index contributed by atoms with van der Waals surface area (Å²) in [4.78, 5) is 5.74. The van der Waals surface area contributed by atoms with E-state index in [-0.39, 0.29) is 12.1 Å². The van der Waals surface area contributed by atoms with E-state index in [1.54, 1.807) is 23.1 Å². The number of hydrogen-bond acceptors (Lipinski definition) is 5. The molecule has 0 aliphatic carbocycles. The molecule has 0 aromatic carbocycles. The van der Waals surface area contributed by atoms with Crippen molar-refractivity contribution < 1.29 is 5.11 Å². The van der Waals surface area contributed by atoms with Crippen molar-refractivity contribution in [2.24, 2.45) is 5.92 Å². The molecule has 2 N–H and O–H groups in total. The molecule has 0 saturated heterocycles. The lowest BCUT2D eigenvalue weighted by molar-refractivity contribution is 0.250. The highest BCUT2D eigenvalue weighted by Gasteiger charge is 2.17. The fourth-order valence-corrected chi connectivity index (χ4v) is 3.54. The fourth-order valence-electron chi connectivity index (χ4n) is 1.71. The summed E-state index contributed by atoms with van der Waals surface area (Å²) in [6.45, 7) is 9.58. The van der Waals surface area contributed by atoms with Crippen LogP contribution in [-0.4, -0.2) is 32.4 Å². The largest absolute Gasteiger partial charge is 0.396 e. The molecule has 0 aliphatic heterocycles. The van der Waals surface area contributed by atoms with Crippen molar-refractivity contribution >= 4 is 28.1 Å². The number of hydrogen-bond donors (Lipinski definition) is 2. The minimum atomic E-state index is 0.0838. The zero-order chi connectivity index (χ0) is 14.8. The lowest BCUT2D eigenvalue weighted by atomic mass is 10.1. The van der Waals surface area contributed by atoms with Crippen molar-refractivity contribution in [1.29, 1.82) is 0 Å². The van der Waals surface area contributed by atoms with Gasteiger partial charge in [-0.25, -0.2) is 4.98 Å². The molecular weight excluding hydrogens is 290 g/mol. The quantitative estimate of drug-likeness (QED) is 0.805. The summed E-state index contributed by atoms with van der Waals surface area (Å²) in [5, 5.41) is 15.8. The van der Waals surface area contributed by atoms with Crippen LogP contribution >= 0.6 is 23.1 Å². The van der Waals surface area contributed by atoms with Crippen LogP contribution in [0.4, 0.5) is 0 Å². The van der Waals surface area contributed by atoms with Gasteiger partial charge in [0.05, 0.1) is 5.69 Å². The molecule has 0 amide bonds. The predicted molar refractivity (Wildman–Crippen MR) is 86.6 cm³/mol. The Morgan fingerprint density at radius 1 is 1.50 bits per heavy atom. The summed E-state index contributed by atoms with van der Waals surface area (Å²) in [6.07, 6.45) is 2.08. The van der Waals surface area contributed by atoms with E-state index < -0.39 is 0 Å². The molecule has 4 nitrogen and oxygen atoms in total. The van der Waals surface area contributed by atoms with Gasteiger partial charge in [0.25, 0.3) is 0 Å². The van der Waals surface area contributed by atoms with Crippen molar-refractivity contribution in [3.63, 3.8) is 0 Å². The van der Waals surface area contributed by atoms with E-state index in [0.717, 1.165) is 22.3 Å². The highest BCUT2D eigenvalue weighted by atomic mass is 32.2. The molecule has 2 aromatic rings. The van der Waals surface area contributed by atoms with Crippen LogP contribution in [-0.2, 0) is 6.54 Å². The number of imidazole rings is 1. The number of thioether (sulfide) groups is 1. The summed E-state index contributed by atoms with van der Waals surface area (Å²) < 4.78 is 2.16. The monoisotopic (exact) mass is 313 g/mol. The van der Waals surface area contributed by atoms with Gasteiger partial charge in [0.2, 0.25) is 0 Å². The van der Waals surface area contributed by atoms with E-state index >= 15 is 0 Å². The van der Waals surface area contributed by atoms with Crippen molar-refractivity contribution in [3.05, 3.63) is 17.3 Å². The standard InChI is InChI=1S/C14H23N3OS2/c1-10(8-18)9-20-12-11(7-15-14(2,3)4)17-5-6-19-13(17)16-12/h5-6,10,15,18H,7-9H2,1-4H3. The predicted octanol–water partition coefficient (Wildman–Crippen LogP) is 3.00. The molecule has 2 rings (SSSR count). The average Bonchev–Trinajstić information content (AvgIpc) is 2.92. The molecule has 0 bridgehead atoms. The van der Waals surface area contributed by atoms with Crippen LogP contribution in [0.1, 0.15) is 33.4 Å². The molecule has 0 fully saturated rings. The number of nitrogens with zero attached hydrogens (tertiary/aromatic N) is 2. The van der Waals surface area contributed by atoms with Crippen LogP contribution in [0.3, 0.4) is 0 Å². The van der Waals surface area contributed by atoms with Crippen LogP contribution in [0, 0.1) is 5.92 Å². The first kappa shape index (κ1) is 15.8. The number of fused-ring (bicyclic) bond motifs is 1. The minimum Gasteiger partial charge on any atom is -0.396 e. The Kier molecular flexibility index (Phi) is 5.12. The normalized spacial score (nSPS) is 14.1.